The van der Waals surface area contributed by atoms with Gasteiger partial charge in [0.25, 0.3) is 11.1 Å². The van der Waals surface area contributed by atoms with Gasteiger partial charge in [-0.05, 0) is 59.8 Å². The standard InChI is InChI=1S/C22H15Cl2NO4S/c1-28-19-8-4-14(10-17(19)24)18-9-7-16(29-18)11-20-21(26)25(22(27)30-20)12-13-2-5-15(23)6-3-13/h2-11H,12H2,1H3/b20-11-. The summed E-state index contributed by atoms with van der Waals surface area (Å²) >= 11 is 12.9. The predicted octanol–water partition coefficient (Wildman–Crippen LogP) is 6.50. The number of methoxy groups -OCH3 is 1. The number of rotatable bonds is 5. The second kappa shape index (κ2) is 8.60. The van der Waals surface area contributed by atoms with Gasteiger partial charge >= 0.3 is 0 Å². The summed E-state index contributed by atoms with van der Waals surface area (Å²) in [6.07, 6.45) is 1.57. The van der Waals surface area contributed by atoms with Crippen molar-refractivity contribution in [2.45, 2.75) is 6.54 Å². The molecule has 0 atom stereocenters. The summed E-state index contributed by atoms with van der Waals surface area (Å²) in [7, 11) is 1.55. The van der Waals surface area contributed by atoms with Gasteiger partial charge in [0.1, 0.15) is 17.3 Å². The number of carbonyl (C=O) groups is 2. The number of halogens is 2. The number of amides is 2. The van der Waals surface area contributed by atoms with Crippen LogP contribution in [0.3, 0.4) is 0 Å². The number of benzene rings is 2. The molecule has 0 spiro atoms. The van der Waals surface area contributed by atoms with E-state index in [0.29, 0.717) is 32.2 Å². The quantitative estimate of drug-likeness (QED) is 0.407. The molecule has 4 rings (SSSR count). The van der Waals surface area contributed by atoms with Gasteiger partial charge in [0, 0.05) is 16.7 Å². The van der Waals surface area contributed by atoms with Crippen molar-refractivity contribution in [1.29, 1.82) is 0 Å². The molecule has 0 aliphatic carbocycles. The Kier molecular flexibility index (Phi) is 5.90. The highest BCUT2D eigenvalue weighted by atomic mass is 35.5. The van der Waals surface area contributed by atoms with Gasteiger partial charge in [0.15, 0.2) is 0 Å². The van der Waals surface area contributed by atoms with Crippen LogP contribution in [0.25, 0.3) is 17.4 Å². The lowest BCUT2D eigenvalue weighted by molar-refractivity contribution is -0.123. The molecule has 1 saturated heterocycles. The molecule has 8 heteroatoms. The van der Waals surface area contributed by atoms with Gasteiger partial charge in [-0.2, -0.15) is 0 Å². The molecule has 1 aliphatic rings. The summed E-state index contributed by atoms with van der Waals surface area (Å²) in [5.41, 5.74) is 1.59. The molecule has 5 nitrogen and oxygen atoms in total. The van der Waals surface area contributed by atoms with Crippen LogP contribution in [-0.2, 0) is 11.3 Å². The van der Waals surface area contributed by atoms with Crippen LogP contribution in [0.2, 0.25) is 10.0 Å². The highest BCUT2D eigenvalue weighted by Crippen LogP contribution is 2.35. The lowest BCUT2D eigenvalue weighted by atomic mass is 10.2. The molecule has 0 bridgehead atoms. The smallest absolute Gasteiger partial charge is 0.293 e. The Morgan fingerprint density at radius 3 is 2.53 bits per heavy atom. The Morgan fingerprint density at radius 2 is 1.83 bits per heavy atom. The lowest BCUT2D eigenvalue weighted by Crippen LogP contribution is -2.27. The first-order valence-corrected chi connectivity index (χ1v) is 10.5. The fourth-order valence-corrected chi connectivity index (χ4v) is 4.15. The van der Waals surface area contributed by atoms with E-state index in [4.69, 9.17) is 32.4 Å². The van der Waals surface area contributed by atoms with Gasteiger partial charge in [-0.1, -0.05) is 35.3 Å². The van der Waals surface area contributed by atoms with Crippen LogP contribution < -0.4 is 4.74 Å². The third-order valence-electron chi connectivity index (χ3n) is 4.46. The molecule has 2 amide bonds. The number of carbonyl (C=O) groups excluding carboxylic acids is 2. The zero-order valence-corrected chi connectivity index (χ0v) is 18.1. The fourth-order valence-electron chi connectivity index (χ4n) is 2.94. The van der Waals surface area contributed by atoms with E-state index >= 15 is 0 Å². The molecule has 0 saturated carbocycles. The molecule has 3 aromatic rings. The minimum Gasteiger partial charge on any atom is -0.495 e. The second-order valence-electron chi connectivity index (χ2n) is 6.45. The number of nitrogens with zero attached hydrogens (tertiary/aromatic N) is 1. The van der Waals surface area contributed by atoms with E-state index in [-0.39, 0.29) is 17.7 Å². The SMILES string of the molecule is COc1ccc(-c2ccc(/C=C3\SC(=O)N(Cc4ccc(Cl)cc4)C3=O)o2)cc1Cl. The maximum atomic E-state index is 12.7. The minimum atomic E-state index is -0.356. The first-order chi connectivity index (χ1) is 14.4. The van der Waals surface area contributed by atoms with E-state index < -0.39 is 0 Å². The van der Waals surface area contributed by atoms with E-state index in [1.807, 2.05) is 6.07 Å². The fraction of sp³-hybridized carbons (Fsp3) is 0.0909. The molecular formula is C22H15Cl2NO4S. The zero-order chi connectivity index (χ0) is 21.3. The summed E-state index contributed by atoms with van der Waals surface area (Å²) in [4.78, 5) is 26.5. The van der Waals surface area contributed by atoms with Crippen LogP contribution in [0.15, 0.2) is 63.9 Å². The Labute approximate surface area is 187 Å². The summed E-state index contributed by atoms with van der Waals surface area (Å²) in [5, 5.41) is 0.741. The van der Waals surface area contributed by atoms with Gasteiger partial charge in [-0.3, -0.25) is 14.5 Å². The van der Waals surface area contributed by atoms with Crippen LogP contribution in [0, 0.1) is 0 Å². The van der Waals surface area contributed by atoms with Gasteiger partial charge in [-0.15, -0.1) is 0 Å². The van der Waals surface area contributed by atoms with E-state index in [9.17, 15) is 9.59 Å². The summed E-state index contributed by atoms with van der Waals surface area (Å²) in [6, 6.07) is 15.9. The average molecular weight is 460 g/mol. The number of hydrogen-bond donors (Lipinski definition) is 0. The Bertz CT molecular complexity index is 1150. The maximum Gasteiger partial charge on any atom is 0.293 e. The molecule has 30 heavy (non-hydrogen) atoms. The highest BCUT2D eigenvalue weighted by molar-refractivity contribution is 8.18. The number of thioether (sulfide) groups is 1. The van der Waals surface area contributed by atoms with E-state index in [2.05, 4.69) is 0 Å². The molecule has 1 aromatic heterocycles. The third kappa shape index (κ3) is 4.26. The van der Waals surface area contributed by atoms with Gasteiger partial charge in [0.05, 0.1) is 23.6 Å². The topological polar surface area (TPSA) is 59.8 Å². The highest BCUT2D eigenvalue weighted by Gasteiger charge is 2.35. The molecule has 2 aromatic carbocycles. The zero-order valence-electron chi connectivity index (χ0n) is 15.7. The van der Waals surface area contributed by atoms with E-state index in [1.54, 1.807) is 61.7 Å². The van der Waals surface area contributed by atoms with Crippen molar-refractivity contribution in [3.8, 4) is 17.1 Å². The first kappa shape index (κ1) is 20.6. The molecule has 1 aliphatic heterocycles. The largest absolute Gasteiger partial charge is 0.495 e. The van der Waals surface area contributed by atoms with Crippen LogP contribution >= 0.6 is 35.0 Å². The molecular weight excluding hydrogens is 445 g/mol. The Hall–Kier alpha value is -2.67. The number of ether oxygens (including phenoxy) is 1. The van der Waals surface area contributed by atoms with Crippen molar-refractivity contribution < 1.29 is 18.7 Å². The van der Waals surface area contributed by atoms with Gasteiger partial charge in [-0.25, -0.2) is 0 Å². The normalized spacial score (nSPS) is 15.3. The number of imide groups is 1. The van der Waals surface area contributed by atoms with Crippen LogP contribution in [0.5, 0.6) is 5.75 Å². The third-order valence-corrected chi connectivity index (χ3v) is 5.92. The van der Waals surface area contributed by atoms with Crippen LogP contribution in [0.1, 0.15) is 11.3 Å². The lowest BCUT2D eigenvalue weighted by Gasteiger charge is -2.12. The van der Waals surface area contributed by atoms with E-state index in [0.717, 1.165) is 22.9 Å². The van der Waals surface area contributed by atoms with Crippen molar-refractivity contribution >= 4 is 52.2 Å². The molecule has 0 N–H and O–H groups in total. The monoisotopic (exact) mass is 459 g/mol. The summed E-state index contributed by atoms with van der Waals surface area (Å²) < 4.78 is 11.0. The molecule has 152 valence electrons. The second-order valence-corrected chi connectivity index (χ2v) is 8.28. The van der Waals surface area contributed by atoms with Gasteiger partial charge in [0.2, 0.25) is 0 Å². The van der Waals surface area contributed by atoms with E-state index in [1.165, 1.54) is 4.90 Å². The summed E-state index contributed by atoms with van der Waals surface area (Å²) in [6.45, 7) is 0.187. The predicted molar refractivity (Wildman–Crippen MR) is 119 cm³/mol. The van der Waals surface area contributed by atoms with Crippen molar-refractivity contribution in [1.82, 2.24) is 4.90 Å². The first-order valence-electron chi connectivity index (χ1n) is 8.88. The van der Waals surface area contributed by atoms with Crippen LogP contribution in [-0.4, -0.2) is 23.2 Å². The van der Waals surface area contributed by atoms with Crippen molar-refractivity contribution in [2.24, 2.45) is 0 Å². The molecule has 0 unspecified atom stereocenters. The Balaban J connectivity index is 1.52. The average Bonchev–Trinajstić information content (AvgIpc) is 3.30. The summed E-state index contributed by atoms with van der Waals surface area (Å²) in [5.74, 6) is 1.27. The molecule has 0 radical (unpaired) electrons. The van der Waals surface area contributed by atoms with Gasteiger partial charge < -0.3 is 9.15 Å². The molecule has 2 heterocycles. The van der Waals surface area contributed by atoms with Crippen molar-refractivity contribution in [3.63, 3.8) is 0 Å². The number of hydrogen-bond acceptors (Lipinski definition) is 5. The van der Waals surface area contributed by atoms with Crippen LogP contribution in [0.4, 0.5) is 4.79 Å². The minimum absolute atomic E-state index is 0.187. The molecule has 1 fully saturated rings. The number of furan rings is 1. The van der Waals surface area contributed by atoms with Crippen molar-refractivity contribution in [3.05, 3.63) is 80.9 Å². The maximum absolute atomic E-state index is 12.7. The van der Waals surface area contributed by atoms with Crippen molar-refractivity contribution in [2.75, 3.05) is 7.11 Å². The Morgan fingerprint density at radius 1 is 1.07 bits per heavy atom.